The molecule has 69 heavy (non-hydrogen) atoms. The molecule has 0 aliphatic carbocycles. The SMILES string of the molecule is CC/C=C\C/C=C\C/C=C\C/C=C\CCCCC(=O)OCC(COC(=O)CCCCCCCCCCCCCCCCCCCCC)OC(=O)CCCCCCCCCCCCCCCCCCC. The smallest absolute Gasteiger partial charge is 0.306 e. The lowest BCUT2D eigenvalue weighted by atomic mass is 10.0. The summed E-state index contributed by atoms with van der Waals surface area (Å²) < 4.78 is 16.9. The second-order valence-electron chi connectivity index (χ2n) is 20.2. The standard InChI is InChI=1S/C63H114O6/c1-4-7-10-13-16-19-22-25-28-30-31-33-35-38-41-44-47-50-53-56-62(65)68-59-60(58-67-61(64)55-52-49-46-43-40-37-34-27-24-21-18-15-12-9-6-3)69-63(66)57-54-51-48-45-42-39-36-32-29-26-23-20-17-14-11-8-5-2/h9,12,18,21,27,34,40,43,60H,4-8,10-11,13-17,19-20,22-26,28-33,35-39,41-42,44-59H2,1-3H3/b12-9-,21-18-,34-27-,43-40-. The third kappa shape index (κ3) is 56.2. The van der Waals surface area contributed by atoms with Gasteiger partial charge in [-0.2, -0.15) is 0 Å². The summed E-state index contributed by atoms with van der Waals surface area (Å²) in [5, 5.41) is 0. The summed E-state index contributed by atoms with van der Waals surface area (Å²) in [5.74, 6) is -0.905. The Kier molecular flexibility index (Phi) is 55.7. The van der Waals surface area contributed by atoms with Crippen LogP contribution in [0.2, 0.25) is 0 Å². The van der Waals surface area contributed by atoms with Crippen LogP contribution in [0.25, 0.3) is 0 Å². The number of esters is 3. The third-order valence-electron chi connectivity index (χ3n) is 13.3. The van der Waals surface area contributed by atoms with Gasteiger partial charge in [-0.25, -0.2) is 0 Å². The van der Waals surface area contributed by atoms with Gasteiger partial charge in [-0.1, -0.05) is 288 Å². The van der Waals surface area contributed by atoms with Crippen molar-refractivity contribution in [3.63, 3.8) is 0 Å². The van der Waals surface area contributed by atoms with Gasteiger partial charge in [0, 0.05) is 19.3 Å². The summed E-state index contributed by atoms with van der Waals surface area (Å²) in [6, 6.07) is 0. The molecule has 0 amide bonds. The number of carbonyl (C=O) groups is 3. The number of rotatable bonds is 55. The van der Waals surface area contributed by atoms with Gasteiger partial charge >= 0.3 is 17.9 Å². The molecule has 6 nitrogen and oxygen atoms in total. The van der Waals surface area contributed by atoms with E-state index >= 15 is 0 Å². The molecule has 0 aromatic carbocycles. The third-order valence-corrected chi connectivity index (χ3v) is 13.3. The minimum absolute atomic E-state index is 0.0815. The zero-order chi connectivity index (χ0) is 50.0. The molecule has 0 aliphatic rings. The minimum atomic E-state index is -0.786. The zero-order valence-corrected chi connectivity index (χ0v) is 46.1. The molecule has 0 radical (unpaired) electrons. The normalized spacial score (nSPS) is 12.3. The van der Waals surface area contributed by atoms with Gasteiger partial charge in [-0.3, -0.25) is 14.4 Å². The Balaban J connectivity index is 4.36. The lowest BCUT2D eigenvalue weighted by molar-refractivity contribution is -0.167. The van der Waals surface area contributed by atoms with Crippen LogP contribution in [-0.4, -0.2) is 37.2 Å². The predicted octanol–water partition coefficient (Wildman–Crippen LogP) is 20.2. The van der Waals surface area contributed by atoms with Crippen molar-refractivity contribution in [2.75, 3.05) is 13.2 Å². The Labute approximate surface area is 428 Å². The summed E-state index contributed by atoms with van der Waals surface area (Å²) in [7, 11) is 0. The second-order valence-corrected chi connectivity index (χ2v) is 20.2. The molecule has 0 fully saturated rings. The molecule has 402 valence electrons. The van der Waals surface area contributed by atoms with E-state index in [4.69, 9.17) is 14.2 Å². The number of carbonyl (C=O) groups excluding carboxylic acids is 3. The maximum absolute atomic E-state index is 12.9. The molecular weight excluding hydrogens is 853 g/mol. The molecule has 1 atom stereocenters. The fraction of sp³-hybridized carbons (Fsp3) is 0.825. The van der Waals surface area contributed by atoms with E-state index in [2.05, 4.69) is 69.4 Å². The van der Waals surface area contributed by atoms with E-state index in [0.29, 0.717) is 19.3 Å². The Bertz CT molecular complexity index is 1200. The van der Waals surface area contributed by atoms with Crippen LogP contribution in [0, 0.1) is 0 Å². The number of allylic oxidation sites excluding steroid dienone is 8. The lowest BCUT2D eigenvalue weighted by Crippen LogP contribution is -2.30. The van der Waals surface area contributed by atoms with E-state index in [9.17, 15) is 14.4 Å². The highest BCUT2D eigenvalue weighted by molar-refractivity contribution is 5.71. The van der Waals surface area contributed by atoms with Crippen molar-refractivity contribution in [3.8, 4) is 0 Å². The fourth-order valence-electron chi connectivity index (χ4n) is 8.85. The van der Waals surface area contributed by atoms with Gasteiger partial charge in [0.05, 0.1) is 0 Å². The van der Waals surface area contributed by atoms with Crippen molar-refractivity contribution < 1.29 is 28.6 Å². The zero-order valence-electron chi connectivity index (χ0n) is 46.1. The van der Waals surface area contributed by atoms with Crippen LogP contribution < -0.4 is 0 Å². The first-order valence-electron chi connectivity index (χ1n) is 30.1. The minimum Gasteiger partial charge on any atom is -0.462 e. The van der Waals surface area contributed by atoms with Crippen LogP contribution in [-0.2, 0) is 28.6 Å². The van der Waals surface area contributed by atoms with Crippen LogP contribution in [0.4, 0.5) is 0 Å². The molecule has 0 N–H and O–H groups in total. The monoisotopic (exact) mass is 967 g/mol. The number of hydrogen-bond acceptors (Lipinski definition) is 6. The van der Waals surface area contributed by atoms with Crippen LogP contribution in [0.3, 0.4) is 0 Å². The average Bonchev–Trinajstić information content (AvgIpc) is 3.35. The van der Waals surface area contributed by atoms with Crippen LogP contribution in [0.1, 0.15) is 316 Å². The van der Waals surface area contributed by atoms with E-state index in [1.165, 1.54) is 193 Å². The van der Waals surface area contributed by atoms with Gasteiger partial charge in [0.25, 0.3) is 0 Å². The summed E-state index contributed by atoms with van der Waals surface area (Å²) in [5.41, 5.74) is 0. The van der Waals surface area contributed by atoms with Crippen LogP contribution >= 0.6 is 0 Å². The largest absolute Gasteiger partial charge is 0.462 e. The van der Waals surface area contributed by atoms with Crippen molar-refractivity contribution in [2.45, 2.75) is 322 Å². The van der Waals surface area contributed by atoms with E-state index < -0.39 is 6.10 Å². The van der Waals surface area contributed by atoms with Crippen molar-refractivity contribution in [2.24, 2.45) is 0 Å². The van der Waals surface area contributed by atoms with Crippen molar-refractivity contribution in [3.05, 3.63) is 48.6 Å². The predicted molar refractivity (Wildman–Crippen MR) is 298 cm³/mol. The van der Waals surface area contributed by atoms with Gasteiger partial charge in [0.15, 0.2) is 6.10 Å². The number of hydrogen-bond donors (Lipinski definition) is 0. The Morgan fingerprint density at radius 1 is 0.304 bits per heavy atom. The first-order chi connectivity index (χ1) is 34.0. The molecule has 0 saturated carbocycles. The molecule has 6 heteroatoms. The molecule has 1 unspecified atom stereocenters. The van der Waals surface area contributed by atoms with Crippen LogP contribution in [0.15, 0.2) is 48.6 Å². The summed E-state index contributed by atoms with van der Waals surface area (Å²) >= 11 is 0. The van der Waals surface area contributed by atoms with Gasteiger partial charge in [-0.05, 0) is 57.8 Å². The molecule has 0 saturated heterocycles. The molecule has 0 rings (SSSR count). The van der Waals surface area contributed by atoms with Crippen molar-refractivity contribution >= 4 is 17.9 Å². The summed E-state index contributed by atoms with van der Waals surface area (Å²) in [6.07, 6.45) is 71.1. The fourth-order valence-corrected chi connectivity index (χ4v) is 8.85. The number of ether oxygens (including phenoxy) is 3. The van der Waals surface area contributed by atoms with Crippen molar-refractivity contribution in [1.29, 1.82) is 0 Å². The highest BCUT2D eigenvalue weighted by Crippen LogP contribution is 2.17. The highest BCUT2D eigenvalue weighted by atomic mass is 16.6. The van der Waals surface area contributed by atoms with E-state index in [1.54, 1.807) is 0 Å². The molecule has 0 heterocycles. The molecular formula is C63H114O6. The first kappa shape index (κ1) is 66.4. The molecule has 0 aromatic heterocycles. The molecule has 0 aromatic rings. The molecule has 0 aliphatic heterocycles. The Morgan fingerprint density at radius 2 is 0.565 bits per heavy atom. The lowest BCUT2D eigenvalue weighted by Gasteiger charge is -2.18. The van der Waals surface area contributed by atoms with Gasteiger partial charge < -0.3 is 14.2 Å². The quantitative estimate of drug-likeness (QED) is 0.0262. The second kappa shape index (κ2) is 57.9. The summed E-state index contributed by atoms with van der Waals surface area (Å²) in [6.45, 7) is 6.54. The van der Waals surface area contributed by atoms with E-state index in [-0.39, 0.29) is 31.1 Å². The first-order valence-corrected chi connectivity index (χ1v) is 30.1. The Morgan fingerprint density at radius 3 is 0.884 bits per heavy atom. The molecule has 0 spiro atoms. The number of unbranched alkanes of at least 4 members (excludes halogenated alkanes) is 36. The van der Waals surface area contributed by atoms with Crippen LogP contribution in [0.5, 0.6) is 0 Å². The Hall–Kier alpha value is -2.63. The van der Waals surface area contributed by atoms with Gasteiger partial charge in [-0.15, -0.1) is 0 Å². The highest BCUT2D eigenvalue weighted by Gasteiger charge is 2.19. The maximum Gasteiger partial charge on any atom is 0.306 e. The van der Waals surface area contributed by atoms with E-state index in [0.717, 1.165) is 83.5 Å². The van der Waals surface area contributed by atoms with Crippen molar-refractivity contribution in [1.82, 2.24) is 0 Å². The maximum atomic E-state index is 12.9. The van der Waals surface area contributed by atoms with Gasteiger partial charge in [0.1, 0.15) is 13.2 Å². The topological polar surface area (TPSA) is 78.9 Å². The summed E-state index contributed by atoms with van der Waals surface area (Å²) in [4.78, 5) is 38.2. The average molecular weight is 968 g/mol. The van der Waals surface area contributed by atoms with E-state index in [1.807, 2.05) is 0 Å². The van der Waals surface area contributed by atoms with Gasteiger partial charge in [0.2, 0.25) is 0 Å². The molecule has 0 bridgehead atoms.